The summed E-state index contributed by atoms with van der Waals surface area (Å²) >= 11 is 0. The maximum atomic E-state index is 14.4. The number of fused-ring (bicyclic) bond motifs is 4. The van der Waals surface area contributed by atoms with E-state index in [1.165, 1.54) is 11.6 Å². The Morgan fingerprint density at radius 2 is 2.07 bits per heavy atom. The van der Waals surface area contributed by atoms with E-state index in [2.05, 4.69) is 12.1 Å². The zero-order valence-electron chi connectivity index (χ0n) is 14.9. The van der Waals surface area contributed by atoms with Crippen molar-refractivity contribution in [2.24, 2.45) is 4.99 Å². The number of aldehydes is 1. The summed E-state index contributed by atoms with van der Waals surface area (Å²) in [6.45, 7) is 0.313. The fourth-order valence-electron chi connectivity index (χ4n) is 4.33. The molecule has 3 aromatic rings. The molecule has 5 rings (SSSR count). The van der Waals surface area contributed by atoms with Gasteiger partial charge in [-0.1, -0.05) is 18.2 Å². The number of aliphatic imine (C=N–C) groups is 1. The van der Waals surface area contributed by atoms with E-state index in [0.29, 0.717) is 12.1 Å². The Labute approximate surface area is 157 Å². The molecule has 0 saturated heterocycles. The number of aromatic nitrogens is 1. The van der Waals surface area contributed by atoms with Crippen molar-refractivity contribution in [1.29, 1.82) is 0 Å². The van der Waals surface area contributed by atoms with E-state index >= 15 is 0 Å². The summed E-state index contributed by atoms with van der Waals surface area (Å²) in [7, 11) is 0. The summed E-state index contributed by atoms with van der Waals surface area (Å²) in [5.41, 5.74) is 6.67. The second kappa shape index (κ2) is 6.31. The van der Waals surface area contributed by atoms with Gasteiger partial charge in [0.25, 0.3) is 0 Å². The standard InChI is InChI=1S/C23H19FN2O/c24-20-6-2-7-21-19(20)13-25-23(22-8-3-11-26(21)22)16-9-10-18-15(12-16)4-1-5-17(18)14-27/h2-3,6-12,14,17H,1,4-5,13H2. The number of benzene rings is 2. The van der Waals surface area contributed by atoms with Gasteiger partial charge in [-0.3, -0.25) is 4.99 Å². The normalized spacial score (nSPS) is 18.0. The highest BCUT2D eigenvalue weighted by molar-refractivity contribution is 6.12. The van der Waals surface area contributed by atoms with Crippen molar-refractivity contribution in [2.75, 3.05) is 0 Å². The lowest BCUT2D eigenvalue weighted by molar-refractivity contribution is -0.109. The van der Waals surface area contributed by atoms with Gasteiger partial charge in [0.1, 0.15) is 12.1 Å². The highest BCUT2D eigenvalue weighted by atomic mass is 19.1. The maximum absolute atomic E-state index is 14.4. The lowest BCUT2D eigenvalue weighted by atomic mass is 9.82. The molecule has 0 spiro atoms. The van der Waals surface area contributed by atoms with E-state index in [9.17, 15) is 9.18 Å². The van der Waals surface area contributed by atoms with Crippen molar-refractivity contribution in [1.82, 2.24) is 4.57 Å². The van der Waals surface area contributed by atoms with Crippen molar-refractivity contribution in [2.45, 2.75) is 31.7 Å². The fourth-order valence-corrected chi connectivity index (χ4v) is 4.33. The van der Waals surface area contributed by atoms with Crippen molar-refractivity contribution < 1.29 is 9.18 Å². The van der Waals surface area contributed by atoms with Crippen molar-refractivity contribution in [3.63, 3.8) is 0 Å². The van der Waals surface area contributed by atoms with Crippen LogP contribution in [0.5, 0.6) is 0 Å². The summed E-state index contributed by atoms with van der Waals surface area (Å²) in [4.78, 5) is 16.2. The molecule has 0 bridgehead atoms. The average molecular weight is 358 g/mol. The molecule has 1 unspecified atom stereocenters. The zero-order chi connectivity index (χ0) is 18.4. The molecule has 0 N–H and O–H groups in total. The number of hydrogen-bond acceptors (Lipinski definition) is 2. The van der Waals surface area contributed by atoms with Gasteiger partial charge in [0.05, 0.1) is 23.6 Å². The first-order valence-electron chi connectivity index (χ1n) is 9.34. The van der Waals surface area contributed by atoms with Gasteiger partial charge in [0.15, 0.2) is 0 Å². The molecule has 0 amide bonds. The SMILES string of the molecule is O=CC1CCCc2cc(C3=NCc4c(F)cccc4-n4cccc43)ccc21. The summed E-state index contributed by atoms with van der Waals surface area (Å²) in [6.07, 6.45) is 5.95. The minimum atomic E-state index is -0.226. The number of carbonyl (C=O) groups is 1. The molecule has 2 heterocycles. The molecular weight excluding hydrogens is 339 g/mol. The highest BCUT2D eigenvalue weighted by Crippen LogP contribution is 2.32. The van der Waals surface area contributed by atoms with Crippen LogP contribution in [0.4, 0.5) is 4.39 Å². The largest absolute Gasteiger partial charge is 0.315 e. The quantitative estimate of drug-likeness (QED) is 0.617. The number of hydrogen-bond donors (Lipinski definition) is 0. The predicted octanol–water partition coefficient (Wildman–Crippen LogP) is 4.59. The molecule has 134 valence electrons. The Hall–Kier alpha value is -3.01. The van der Waals surface area contributed by atoms with Crippen molar-refractivity contribution in [3.8, 4) is 5.69 Å². The van der Waals surface area contributed by atoms with E-state index in [1.54, 1.807) is 6.07 Å². The van der Waals surface area contributed by atoms with Crippen LogP contribution in [-0.4, -0.2) is 16.6 Å². The third kappa shape index (κ3) is 2.55. The first-order chi connectivity index (χ1) is 13.3. The van der Waals surface area contributed by atoms with E-state index in [0.717, 1.165) is 53.8 Å². The van der Waals surface area contributed by atoms with E-state index in [-0.39, 0.29) is 11.7 Å². The van der Waals surface area contributed by atoms with Gasteiger partial charge in [-0.2, -0.15) is 0 Å². The molecule has 1 aliphatic carbocycles. The molecule has 0 radical (unpaired) electrons. The van der Waals surface area contributed by atoms with Crippen LogP contribution in [0, 0.1) is 5.82 Å². The number of halogens is 1. The summed E-state index contributed by atoms with van der Waals surface area (Å²) in [5, 5.41) is 0. The summed E-state index contributed by atoms with van der Waals surface area (Å²) in [5.74, 6) is -0.225. The summed E-state index contributed by atoms with van der Waals surface area (Å²) < 4.78 is 16.4. The monoisotopic (exact) mass is 358 g/mol. The smallest absolute Gasteiger partial charge is 0.130 e. The molecule has 2 aliphatic rings. The molecule has 1 aliphatic heterocycles. The molecular formula is C23H19FN2O. The first-order valence-corrected chi connectivity index (χ1v) is 9.34. The Morgan fingerprint density at radius 1 is 1.15 bits per heavy atom. The Kier molecular flexibility index (Phi) is 3.78. The van der Waals surface area contributed by atoms with Crippen LogP contribution in [0.2, 0.25) is 0 Å². The molecule has 2 aromatic carbocycles. The minimum Gasteiger partial charge on any atom is -0.315 e. The number of carbonyl (C=O) groups excluding carboxylic acids is 1. The van der Waals surface area contributed by atoms with Crippen LogP contribution < -0.4 is 0 Å². The van der Waals surface area contributed by atoms with Gasteiger partial charge in [-0.05, 0) is 60.7 Å². The molecule has 3 nitrogen and oxygen atoms in total. The first kappa shape index (κ1) is 16.2. The molecule has 0 saturated carbocycles. The Bertz CT molecular complexity index is 1080. The van der Waals surface area contributed by atoms with E-state index in [1.807, 2.05) is 35.0 Å². The third-order valence-electron chi connectivity index (χ3n) is 5.68. The van der Waals surface area contributed by atoms with Crippen LogP contribution >= 0.6 is 0 Å². The van der Waals surface area contributed by atoms with Gasteiger partial charge in [0.2, 0.25) is 0 Å². The Morgan fingerprint density at radius 3 is 2.96 bits per heavy atom. The average Bonchev–Trinajstić information content (AvgIpc) is 3.11. The maximum Gasteiger partial charge on any atom is 0.130 e. The van der Waals surface area contributed by atoms with Crippen LogP contribution in [0.3, 0.4) is 0 Å². The van der Waals surface area contributed by atoms with Crippen LogP contribution in [0.15, 0.2) is 59.7 Å². The highest BCUT2D eigenvalue weighted by Gasteiger charge is 2.23. The van der Waals surface area contributed by atoms with Crippen LogP contribution in [0.25, 0.3) is 5.69 Å². The number of nitrogens with zero attached hydrogens (tertiary/aromatic N) is 2. The van der Waals surface area contributed by atoms with Gasteiger partial charge in [0, 0.05) is 23.2 Å². The van der Waals surface area contributed by atoms with Gasteiger partial charge in [-0.15, -0.1) is 0 Å². The third-order valence-corrected chi connectivity index (χ3v) is 5.68. The van der Waals surface area contributed by atoms with Gasteiger partial charge >= 0.3 is 0 Å². The minimum absolute atomic E-state index is 0.00100. The van der Waals surface area contributed by atoms with Crippen molar-refractivity contribution >= 4 is 12.0 Å². The molecule has 27 heavy (non-hydrogen) atoms. The number of aryl methyl sites for hydroxylation is 1. The molecule has 1 atom stereocenters. The number of rotatable bonds is 2. The predicted molar refractivity (Wildman–Crippen MR) is 103 cm³/mol. The molecule has 4 heteroatoms. The summed E-state index contributed by atoms with van der Waals surface area (Å²) in [6, 6.07) is 15.4. The lowest BCUT2D eigenvalue weighted by Gasteiger charge is -2.22. The van der Waals surface area contributed by atoms with Crippen molar-refractivity contribution in [3.05, 3.63) is 88.5 Å². The van der Waals surface area contributed by atoms with Gasteiger partial charge < -0.3 is 9.36 Å². The van der Waals surface area contributed by atoms with Gasteiger partial charge in [-0.25, -0.2) is 4.39 Å². The molecule has 0 fully saturated rings. The molecule has 1 aromatic heterocycles. The van der Waals surface area contributed by atoms with E-state index < -0.39 is 0 Å². The van der Waals surface area contributed by atoms with Crippen LogP contribution in [-0.2, 0) is 17.8 Å². The second-order valence-electron chi connectivity index (χ2n) is 7.21. The Balaban J connectivity index is 1.65. The fraction of sp³-hybridized carbons (Fsp3) is 0.217. The second-order valence-corrected chi connectivity index (χ2v) is 7.21. The zero-order valence-corrected chi connectivity index (χ0v) is 14.9. The van der Waals surface area contributed by atoms with Crippen LogP contribution in [0.1, 0.15) is 46.7 Å². The topological polar surface area (TPSA) is 34.4 Å². The lowest BCUT2D eigenvalue weighted by Crippen LogP contribution is -2.14. The van der Waals surface area contributed by atoms with E-state index in [4.69, 9.17) is 4.99 Å².